The number of hydrogen-bond donors (Lipinski definition) is 2. The van der Waals surface area contributed by atoms with E-state index in [1.807, 2.05) is 45.8 Å². The highest BCUT2D eigenvalue weighted by Gasteiger charge is 2.16. The third-order valence-electron chi connectivity index (χ3n) is 2.26. The fourth-order valence-electron chi connectivity index (χ4n) is 1.24. The molecule has 1 rings (SSSR count). The van der Waals surface area contributed by atoms with Crippen molar-refractivity contribution in [3.8, 4) is 0 Å². The Morgan fingerprint density at radius 1 is 1.38 bits per heavy atom. The van der Waals surface area contributed by atoms with Crippen LogP contribution in [-0.2, 0) is 0 Å². The summed E-state index contributed by atoms with van der Waals surface area (Å²) in [5, 5.41) is 3.30. The lowest BCUT2D eigenvalue weighted by molar-refractivity contribution is 0.577. The fraction of sp³-hybridized carbons (Fsp3) is 0.636. The van der Waals surface area contributed by atoms with Crippen LogP contribution in [0.3, 0.4) is 0 Å². The van der Waals surface area contributed by atoms with Gasteiger partial charge in [0.05, 0.1) is 0 Å². The smallest absolute Gasteiger partial charge is 0.133 e. The van der Waals surface area contributed by atoms with Crippen molar-refractivity contribution in [1.29, 1.82) is 0 Å². The van der Waals surface area contributed by atoms with Gasteiger partial charge in [-0.15, -0.1) is 0 Å². The lowest BCUT2D eigenvalue weighted by Gasteiger charge is -2.25. The SMILES string of the molecule is Cc1nc(NC(C)(C)CN)cc(N(C)C)n1. The molecule has 0 saturated carbocycles. The molecular weight excluding hydrogens is 202 g/mol. The third kappa shape index (κ3) is 3.34. The second-order valence-corrected chi connectivity index (χ2v) is 4.77. The Morgan fingerprint density at radius 3 is 2.50 bits per heavy atom. The Bertz CT molecular complexity index is 359. The Kier molecular flexibility index (Phi) is 3.70. The van der Waals surface area contributed by atoms with Crippen molar-refractivity contribution in [2.24, 2.45) is 5.73 Å². The molecule has 0 aliphatic rings. The lowest BCUT2D eigenvalue weighted by Crippen LogP contribution is -2.39. The van der Waals surface area contributed by atoms with Gasteiger partial charge >= 0.3 is 0 Å². The van der Waals surface area contributed by atoms with Crippen molar-refractivity contribution in [1.82, 2.24) is 9.97 Å². The fourth-order valence-corrected chi connectivity index (χ4v) is 1.24. The largest absolute Gasteiger partial charge is 0.364 e. The minimum Gasteiger partial charge on any atom is -0.364 e. The van der Waals surface area contributed by atoms with Gasteiger partial charge in [0.15, 0.2) is 0 Å². The molecule has 0 spiro atoms. The maximum atomic E-state index is 5.67. The molecule has 1 aromatic heterocycles. The first kappa shape index (κ1) is 12.7. The molecule has 16 heavy (non-hydrogen) atoms. The van der Waals surface area contributed by atoms with Crippen molar-refractivity contribution >= 4 is 11.6 Å². The highest BCUT2D eigenvalue weighted by molar-refractivity contribution is 5.49. The first-order chi connectivity index (χ1) is 7.34. The number of hydrogen-bond acceptors (Lipinski definition) is 5. The molecule has 0 radical (unpaired) electrons. The molecule has 90 valence electrons. The number of nitrogens with two attached hydrogens (primary N) is 1. The average molecular weight is 223 g/mol. The van der Waals surface area contributed by atoms with E-state index in [1.165, 1.54) is 0 Å². The molecule has 1 aromatic rings. The van der Waals surface area contributed by atoms with Crippen LogP contribution >= 0.6 is 0 Å². The molecule has 0 fully saturated rings. The van der Waals surface area contributed by atoms with Crippen LogP contribution in [0.15, 0.2) is 6.07 Å². The minimum absolute atomic E-state index is 0.162. The van der Waals surface area contributed by atoms with Gasteiger partial charge in [-0.25, -0.2) is 9.97 Å². The van der Waals surface area contributed by atoms with E-state index in [-0.39, 0.29) is 5.54 Å². The summed E-state index contributed by atoms with van der Waals surface area (Å²) < 4.78 is 0. The van der Waals surface area contributed by atoms with Crippen LogP contribution in [-0.4, -0.2) is 36.1 Å². The standard InChI is InChI=1S/C11H21N5/c1-8-13-9(15-11(2,3)7-12)6-10(14-8)16(4)5/h6H,7,12H2,1-5H3,(H,13,14,15). The first-order valence-electron chi connectivity index (χ1n) is 5.35. The average Bonchev–Trinajstić information content (AvgIpc) is 2.16. The highest BCUT2D eigenvalue weighted by atomic mass is 15.2. The minimum atomic E-state index is -0.162. The van der Waals surface area contributed by atoms with Crippen molar-refractivity contribution in [2.45, 2.75) is 26.3 Å². The molecule has 0 amide bonds. The Hall–Kier alpha value is -1.36. The van der Waals surface area contributed by atoms with Crippen LogP contribution in [0.25, 0.3) is 0 Å². The summed E-state index contributed by atoms with van der Waals surface area (Å²) in [6, 6.07) is 1.92. The van der Waals surface area contributed by atoms with Crippen LogP contribution in [0.5, 0.6) is 0 Å². The van der Waals surface area contributed by atoms with Crippen molar-refractivity contribution in [2.75, 3.05) is 30.9 Å². The van der Waals surface area contributed by atoms with E-state index in [1.54, 1.807) is 0 Å². The highest BCUT2D eigenvalue weighted by Crippen LogP contribution is 2.17. The molecule has 0 aliphatic heterocycles. The number of nitrogens with one attached hydrogen (secondary N) is 1. The summed E-state index contributed by atoms with van der Waals surface area (Å²) in [6.07, 6.45) is 0. The maximum Gasteiger partial charge on any atom is 0.133 e. The van der Waals surface area contributed by atoms with Crippen LogP contribution in [0.1, 0.15) is 19.7 Å². The van der Waals surface area contributed by atoms with Gasteiger partial charge in [-0.3, -0.25) is 0 Å². The molecule has 5 heteroatoms. The van der Waals surface area contributed by atoms with Gasteiger partial charge < -0.3 is 16.0 Å². The zero-order valence-electron chi connectivity index (χ0n) is 10.7. The zero-order chi connectivity index (χ0) is 12.3. The summed E-state index contributed by atoms with van der Waals surface area (Å²) in [7, 11) is 3.92. The number of anilines is 2. The Balaban J connectivity index is 2.97. The number of aryl methyl sites for hydroxylation is 1. The van der Waals surface area contributed by atoms with Crippen LogP contribution < -0.4 is 16.0 Å². The van der Waals surface area contributed by atoms with E-state index >= 15 is 0 Å². The second-order valence-electron chi connectivity index (χ2n) is 4.77. The van der Waals surface area contributed by atoms with Gasteiger partial charge in [0.1, 0.15) is 17.5 Å². The monoisotopic (exact) mass is 223 g/mol. The van der Waals surface area contributed by atoms with Gasteiger partial charge in [0.25, 0.3) is 0 Å². The molecule has 0 aromatic carbocycles. The predicted octanol–water partition coefficient (Wildman–Crippen LogP) is 1.00. The molecule has 0 atom stereocenters. The van der Waals surface area contributed by atoms with E-state index < -0.39 is 0 Å². The first-order valence-corrected chi connectivity index (χ1v) is 5.35. The normalized spacial score (nSPS) is 11.4. The molecule has 5 nitrogen and oxygen atoms in total. The van der Waals surface area contributed by atoms with E-state index in [0.717, 1.165) is 17.5 Å². The van der Waals surface area contributed by atoms with Gasteiger partial charge in [0, 0.05) is 32.2 Å². The summed E-state index contributed by atoms with van der Waals surface area (Å²) in [6.45, 7) is 6.51. The van der Waals surface area contributed by atoms with Gasteiger partial charge in [-0.05, 0) is 20.8 Å². The van der Waals surface area contributed by atoms with E-state index in [9.17, 15) is 0 Å². The molecule has 0 bridgehead atoms. The summed E-state index contributed by atoms with van der Waals surface area (Å²) in [5.74, 6) is 2.45. The second kappa shape index (κ2) is 4.65. The zero-order valence-corrected chi connectivity index (χ0v) is 10.7. The van der Waals surface area contributed by atoms with E-state index in [2.05, 4.69) is 15.3 Å². The van der Waals surface area contributed by atoms with Gasteiger partial charge in [-0.1, -0.05) is 0 Å². The number of aromatic nitrogens is 2. The van der Waals surface area contributed by atoms with Crippen molar-refractivity contribution < 1.29 is 0 Å². The number of rotatable bonds is 4. The quantitative estimate of drug-likeness (QED) is 0.797. The third-order valence-corrected chi connectivity index (χ3v) is 2.26. The Morgan fingerprint density at radius 2 is 2.00 bits per heavy atom. The molecule has 0 unspecified atom stereocenters. The van der Waals surface area contributed by atoms with Gasteiger partial charge in [-0.2, -0.15) is 0 Å². The van der Waals surface area contributed by atoms with E-state index in [0.29, 0.717) is 6.54 Å². The Labute approximate surface area is 97.1 Å². The summed E-state index contributed by atoms with van der Waals surface area (Å²) in [4.78, 5) is 10.6. The topological polar surface area (TPSA) is 67.1 Å². The van der Waals surface area contributed by atoms with E-state index in [4.69, 9.17) is 5.73 Å². The van der Waals surface area contributed by atoms with Crippen molar-refractivity contribution in [3.05, 3.63) is 11.9 Å². The maximum absolute atomic E-state index is 5.67. The molecule has 0 saturated heterocycles. The molecular formula is C11H21N5. The van der Waals surface area contributed by atoms with Gasteiger partial charge in [0.2, 0.25) is 0 Å². The van der Waals surface area contributed by atoms with Crippen molar-refractivity contribution in [3.63, 3.8) is 0 Å². The van der Waals surface area contributed by atoms with Crippen LogP contribution in [0.4, 0.5) is 11.6 Å². The molecule has 1 heterocycles. The summed E-state index contributed by atoms with van der Waals surface area (Å²) >= 11 is 0. The van der Waals surface area contributed by atoms with Crippen LogP contribution in [0, 0.1) is 6.92 Å². The summed E-state index contributed by atoms with van der Waals surface area (Å²) in [5.41, 5.74) is 5.51. The number of nitrogens with zero attached hydrogens (tertiary/aromatic N) is 3. The predicted molar refractivity (Wildman–Crippen MR) is 67.9 cm³/mol. The van der Waals surface area contributed by atoms with Crippen LogP contribution in [0.2, 0.25) is 0 Å². The molecule has 0 aliphatic carbocycles. The molecule has 3 N–H and O–H groups in total. The lowest BCUT2D eigenvalue weighted by atomic mass is 10.1.